The molecule has 60 heavy (non-hydrogen) atoms. The molecule has 0 bridgehead atoms. The maximum Gasteiger partial charge on any atom is 0.104 e. The van der Waals surface area contributed by atoms with Gasteiger partial charge in [0.25, 0.3) is 0 Å². The van der Waals surface area contributed by atoms with Gasteiger partial charge in [0, 0.05) is 11.8 Å². The highest BCUT2D eigenvalue weighted by atomic mass is 17.1. The van der Waals surface area contributed by atoms with Gasteiger partial charge in [0.1, 0.15) is 5.60 Å². The van der Waals surface area contributed by atoms with Crippen LogP contribution in [0.3, 0.4) is 0 Å². The zero-order valence-corrected chi connectivity index (χ0v) is 40.2. The van der Waals surface area contributed by atoms with Crippen LogP contribution in [0.1, 0.15) is 204 Å². The van der Waals surface area contributed by atoms with Gasteiger partial charge in [-0.15, -0.1) is 0 Å². The second-order valence-corrected chi connectivity index (χ2v) is 25.2. The van der Waals surface area contributed by atoms with Crippen molar-refractivity contribution in [3.8, 4) is 0 Å². The first-order valence-electron chi connectivity index (χ1n) is 25.6. The van der Waals surface area contributed by atoms with E-state index in [4.69, 9.17) is 4.89 Å². The summed E-state index contributed by atoms with van der Waals surface area (Å²) in [5, 5.41) is 51.7. The standard InChI is InChI=1S/C27H46O4.C27H46O2/c1-24(2,29)13-6-14-27(5,31-30)23-10-9-21-20-8-7-18-17-19(28)11-15-25(18,3)22(20)12-16-26(21,23)4;1-17(2)7-6-8-18(3)22-11-12-23-21-10-9-19-15-20(28)16-25(29)27(19,5)24(21)13-14-26(22,23)4/h7,19-23,28-30H,6,8-17H2,1-5H3;9,17-18,20-25,28-29H,6-8,10-16H2,1-5H3/t19-,20-,21-,22-,23-,25-,26-,27-;18-,20-,21+,22-,23+,24+,25?,26-,27+/m01/s1. The molecular weight excluding hydrogens is 745 g/mol. The van der Waals surface area contributed by atoms with Gasteiger partial charge in [-0.2, -0.15) is 0 Å². The zero-order valence-electron chi connectivity index (χ0n) is 40.2. The van der Waals surface area contributed by atoms with Crippen molar-refractivity contribution in [1.29, 1.82) is 0 Å². The van der Waals surface area contributed by atoms with Gasteiger partial charge >= 0.3 is 0 Å². The van der Waals surface area contributed by atoms with Gasteiger partial charge in [0.2, 0.25) is 0 Å². The van der Waals surface area contributed by atoms with E-state index in [1.165, 1.54) is 81.8 Å². The Labute approximate surface area is 367 Å². The maximum absolute atomic E-state index is 11.1. The second-order valence-electron chi connectivity index (χ2n) is 25.2. The molecule has 0 amide bonds. The van der Waals surface area contributed by atoms with Crippen LogP contribution in [0.25, 0.3) is 0 Å². The molecule has 6 heteroatoms. The molecule has 0 radical (unpaired) electrons. The van der Waals surface area contributed by atoms with Crippen molar-refractivity contribution >= 4 is 0 Å². The fourth-order valence-corrected chi connectivity index (χ4v) is 17.5. The van der Waals surface area contributed by atoms with E-state index in [9.17, 15) is 25.7 Å². The van der Waals surface area contributed by atoms with Crippen LogP contribution in [-0.2, 0) is 4.89 Å². The summed E-state index contributed by atoms with van der Waals surface area (Å²) >= 11 is 0. The molecule has 1 unspecified atom stereocenters. The van der Waals surface area contributed by atoms with Crippen LogP contribution < -0.4 is 0 Å². The molecule has 5 N–H and O–H groups in total. The first-order valence-corrected chi connectivity index (χ1v) is 25.6. The van der Waals surface area contributed by atoms with Crippen LogP contribution in [0.5, 0.6) is 0 Å². The van der Waals surface area contributed by atoms with Gasteiger partial charge in [-0.1, -0.05) is 91.0 Å². The van der Waals surface area contributed by atoms with Crippen LogP contribution in [0.4, 0.5) is 0 Å². The number of rotatable bonds is 11. The summed E-state index contributed by atoms with van der Waals surface area (Å²) in [7, 11) is 0. The van der Waals surface area contributed by atoms with Gasteiger partial charge < -0.3 is 20.4 Å². The summed E-state index contributed by atoms with van der Waals surface area (Å²) in [6, 6.07) is 0. The van der Waals surface area contributed by atoms with Crippen molar-refractivity contribution in [3.05, 3.63) is 23.3 Å². The maximum atomic E-state index is 11.1. The highest BCUT2D eigenvalue weighted by molar-refractivity contribution is 5.28. The lowest BCUT2D eigenvalue weighted by Crippen LogP contribution is -2.55. The van der Waals surface area contributed by atoms with Crippen molar-refractivity contribution in [2.75, 3.05) is 0 Å². The Morgan fingerprint density at radius 3 is 1.98 bits per heavy atom. The first kappa shape index (κ1) is 47.2. The molecule has 344 valence electrons. The van der Waals surface area contributed by atoms with E-state index in [1.54, 1.807) is 0 Å². The Morgan fingerprint density at radius 1 is 0.683 bits per heavy atom. The minimum atomic E-state index is -0.675. The Hall–Kier alpha value is -0.760. The molecule has 8 aliphatic carbocycles. The molecule has 17 atom stereocenters. The first-order chi connectivity index (χ1) is 28.1. The molecule has 6 fully saturated rings. The molecule has 6 saturated carbocycles. The van der Waals surface area contributed by atoms with Crippen LogP contribution in [0.2, 0.25) is 0 Å². The third kappa shape index (κ3) is 8.47. The van der Waals surface area contributed by atoms with E-state index in [0.29, 0.717) is 35.5 Å². The molecule has 0 aliphatic heterocycles. The smallest absolute Gasteiger partial charge is 0.104 e. The quantitative estimate of drug-likeness (QED) is 0.0805. The summed E-state index contributed by atoms with van der Waals surface area (Å²) in [6.07, 6.45) is 27.5. The molecule has 0 aromatic heterocycles. The van der Waals surface area contributed by atoms with E-state index in [-0.39, 0.29) is 34.6 Å². The second kappa shape index (κ2) is 17.6. The molecule has 6 nitrogen and oxygen atoms in total. The largest absolute Gasteiger partial charge is 0.393 e. The van der Waals surface area contributed by atoms with Crippen molar-refractivity contribution in [1.82, 2.24) is 0 Å². The van der Waals surface area contributed by atoms with E-state index in [2.05, 4.69) is 67.5 Å². The zero-order chi connectivity index (χ0) is 43.6. The Kier molecular flexibility index (Phi) is 13.8. The molecule has 0 saturated heterocycles. The molecule has 8 rings (SSSR count). The van der Waals surface area contributed by atoms with Crippen LogP contribution in [0.15, 0.2) is 23.3 Å². The number of allylic oxidation sites excluding steroid dienone is 2. The molecular formula is C54H92O6. The lowest BCUT2D eigenvalue weighted by molar-refractivity contribution is -0.343. The van der Waals surface area contributed by atoms with Crippen LogP contribution >= 0.6 is 0 Å². The Balaban J connectivity index is 0.000000182. The van der Waals surface area contributed by atoms with Crippen LogP contribution in [0, 0.1) is 80.8 Å². The average molecular weight is 837 g/mol. The monoisotopic (exact) mass is 837 g/mol. The SMILES string of the molecule is CC(C)(O)CCC[C@](C)(OO)[C@H]1CC[C@H]2[C@@H]3CC=C4C[C@@H](O)CC[C@]4(C)[C@H]3CC[C@@]21C.CC(C)CCC[C@@H](C)[C@H]1CC[C@H]2[C@@H]3CC=C4C[C@@H](O)CC(O)[C@]4(C)[C@H]3CC[C@]12C. The Morgan fingerprint density at radius 2 is 1.30 bits per heavy atom. The van der Waals surface area contributed by atoms with E-state index >= 15 is 0 Å². The molecule has 0 aromatic carbocycles. The summed E-state index contributed by atoms with van der Waals surface area (Å²) in [5.41, 5.74) is 2.55. The number of hydrogen-bond acceptors (Lipinski definition) is 6. The minimum Gasteiger partial charge on any atom is -0.393 e. The van der Waals surface area contributed by atoms with Gasteiger partial charge in [0.05, 0.1) is 23.9 Å². The summed E-state index contributed by atoms with van der Waals surface area (Å²) in [6.45, 7) is 23.0. The summed E-state index contributed by atoms with van der Waals surface area (Å²) in [4.78, 5) is 5.28. The van der Waals surface area contributed by atoms with Crippen molar-refractivity contribution in [3.63, 3.8) is 0 Å². The lowest BCUT2D eigenvalue weighted by Gasteiger charge is -2.59. The fourth-order valence-electron chi connectivity index (χ4n) is 17.5. The van der Waals surface area contributed by atoms with Crippen molar-refractivity contribution < 1.29 is 30.6 Å². The average Bonchev–Trinajstić information content (AvgIpc) is 3.72. The normalized spacial score (nSPS) is 46.2. The highest BCUT2D eigenvalue weighted by Gasteiger charge is 2.63. The van der Waals surface area contributed by atoms with Gasteiger partial charge in [-0.05, 0) is 205 Å². The van der Waals surface area contributed by atoms with Gasteiger partial charge in [-0.3, -0.25) is 5.26 Å². The van der Waals surface area contributed by atoms with Crippen molar-refractivity contribution in [2.24, 2.45) is 80.8 Å². The lowest BCUT2D eigenvalue weighted by atomic mass is 9.46. The van der Waals surface area contributed by atoms with Crippen molar-refractivity contribution in [2.45, 2.75) is 234 Å². The minimum absolute atomic E-state index is 0.0928. The number of aliphatic hydroxyl groups is 4. The molecule has 0 spiro atoms. The van der Waals surface area contributed by atoms with E-state index in [1.807, 2.05) is 13.8 Å². The third-order valence-electron chi connectivity index (χ3n) is 20.9. The molecule has 0 heterocycles. The topological polar surface area (TPSA) is 110 Å². The number of hydrogen-bond donors (Lipinski definition) is 5. The summed E-state index contributed by atoms with van der Waals surface area (Å²) in [5.74, 6) is 7.21. The predicted molar refractivity (Wildman–Crippen MR) is 244 cm³/mol. The fraction of sp³-hybridized carbons (Fsp3) is 0.926. The summed E-state index contributed by atoms with van der Waals surface area (Å²) < 4.78 is 0. The van der Waals surface area contributed by atoms with Gasteiger partial charge in [-0.25, -0.2) is 4.89 Å². The van der Waals surface area contributed by atoms with Gasteiger partial charge in [0.15, 0.2) is 0 Å². The highest BCUT2D eigenvalue weighted by Crippen LogP contribution is 2.69. The molecule has 8 aliphatic rings. The van der Waals surface area contributed by atoms with E-state index < -0.39 is 11.2 Å². The van der Waals surface area contributed by atoms with Crippen LogP contribution in [-0.4, -0.2) is 55.2 Å². The van der Waals surface area contributed by atoms with E-state index in [0.717, 1.165) is 93.3 Å². The Bertz CT molecular complexity index is 1550. The number of aliphatic hydroxyl groups excluding tert-OH is 3. The number of fused-ring (bicyclic) bond motifs is 10. The molecule has 0 aromatic rings. The predicted octanol–water partition coefficient (Wildman–Crippen LogP) is 12.5. The third-order valence-corrected chi connectivity index (χ3v) is 20.9.